The number of hydrogen-bond acceptors (Lipinski definition) is 7. The molecule has 5 rings (SSSR count). The molecule has 1 fully saturated rings. The maximum Gasteiger partial charge on any atom is 0.267 e. The van der Waals surface area contributed by atoms with Gasteiger partial charge in [0.1, 0.15) is 19.3 Å². The Bertz CT molecular complexity index is 1120. The number of amides is 1. The Labute approximate surface area is 178 Å². The van der Waals surface area contributed by atoms with Crippen molar-refractivity contribution in [2.24, 2.45) is 5.92 Å². The minimum Gasteiger partial charge on any atom is -0.485 e. The van der Waals surface area contributed by atoms with E-state index in [0.717, 1.165) is 12.8 Å². The zero-order valence-corrected chi connectivity index (χ0v) is 16.8. The zero-order chi connectivity index (χ0) is 21.2. The Morgan fingerprint density at radius 2 is 1.90 bits per heavy atom. The van der Waals surface area contributed by atoms with Crippen LogP contribution in [0.25, 0.3) is 5.82 Å². The van der Waals surface area contributed by atoms with Gasteiger partial charge in [0.15, 0.2) is 17.3 Å². The molecule has 10 heteroatoms. The van der Waals surface area contributed by atoms with Crippen molar-refractivity contribution in [3.8, 4) is 17.3 Å². The van der Waals surface area contributed by atoms with Gasteiger partial charge in [0.2, 0.25) is 6.10 Å². The number of likely N-dealkylation sites (tertiary alicyclic amines) is 1. The molecule has 0 bridgehead atoms. The lowest BCUT2D eigenvalue weighted by Gasteiger charge is -2.35. The van der Waals surface area contributed by atoms with Crippen molar-refractivity contribution in [2.45, 2.75) is 25.5 Å². The Morgan fingerprint density at radius 3 is 2.68 bits per heavy atom. The van der Waals surface area contributed by atoms with Crippen LogP contribution in [0, 0.1) is 5.92 Å². The van der Waals surface area contributed by atoms with Crippen LogP contribution >= 0.6 is 0 Å². The quantitative estimate of drug-likeness (QED) is 0.615. The normalized spacial score (nSPS) is 18.7. The lowest BCUT2D eigenvalue weighted by Crippen LogP contribution is -2.49. The Balaban J connectivity index is 1.19. The second-order valence-electron chi connectivity index (χ2n) is 7.68. The van der Waals surface area contributed by atoms with E-state index in [1.54, 1.807) is 12.1 Å². The minimum atomic E-state index is -0.630. The second-order valence-corrected chi connectivity index (χ2v) is 7.68. The molecule has 0 radical (unpaired) electrons. The van der Waals surface area contributed by atoms with Crippen LogP contribution in [0.1, 0.15) is 12.8 Å². The van der Waals surface area contributed by atoms with Gasteiger partial charge in [0.05, 0.1) is 0 Å². The van der Waals surface area contributed by atoms with Crippen molar-refractivity contribution in [3.05, 3.63) is 59.4 Å². The molecule has 3 aromatic rings. The molecule has 31 heavy (non-hydrogen) atoms. The maximum absolute atomic E-state index is 12.9. The predicted octanol–water partition coefficient (Wildman–Crippen LogP) is 0.903. The molecule has 10 nitrogen and oxygen atoms in total. The molecule has 2 aliphatic heterocycles. The van der Waals surface area contributed by atoms with Crippen LogP contribution in [-0.4, -0.2) is 61.2 Å². The van der Waals surface area contributed by atoms with Gasteiger partial charge in [-0.15, -0.1) is 5.10 Å². The number of fused-ring (bicyclic) bond motifs is 1. The van der Waals surface area contributed by atoms with Gasteiger partial charge in [0.25, 0.3) is 11.5 Å². The van der Waals surface area contributed by atoms with Crippen molar-refractivity contribution in [1.29, 1.82) is 0 Å². The molecule has 0 saturated carbocycles. The zero-order valence-electron chi connectivity index (χ0n) is 16.8. The summed E-state index contributed by atoms with van der Waals surface area (Å²) in [5.74, 6) is 2.00. The number of carbonyl (C=O) groups excluding carboxylic acids is 1. The molecule has 1 atom stereocenters. The highest BCUT2D eigenvalue weighted by Gasteiger charge is 2.33. The summed E-state index contributed by atoms with van der Waals surface area (Å²) in [7, 11) is 0. The molecule has 1 amide bonds. The molecule has 0 aliphatic carbocycles. The highest BCUT2D eigenvalue weighted by molar-refractivity contribution is 5.82. The third-order valence-electron chi connectivity index (χ3n) is 5.65. The van der Waals surface area contributed by atoms with Gasteiger partial charge in [-0.05, 0) is 37.0 Å². The van der Waals surface area contributed by atoms with Crippen LogP contribution in [0.4, 0.5) is 0 Å². The second kappa shape index (κ2) is 8.21. The number of nitrogens with zero attached hydrogens (tertiary/aromatic N) is 6. The molecule has 160 valence electrons. The monoisotopic (exact) mass is 422 g/mol. The van der Waals surface area contributed by atoms with Crippen molar-refractivity contribution in [1.82, 2.24) is 29.4 Å². The van der Waals surface area contributed by atoms with E-state index in [2.05, 4.69) is 15.2 Å². The van der Waals surface area contributed by atoms with Gasteiger partial charge in [-0.25, -0.2) is 14.3 Å². The highest BCUT2D eigenvalue weighted by Crippen LogP contribution is 2.31. The van der Waals surface area contributed by atoms with Gasteiger partial charge < -0.3 is 14.4 Å². The van der Waals surface area contributed by atoms with E-state index < -0.39 is 6.10 Å². The van der Waals surface area contributed by atoms with E-state index in [9.17, 15) is 9.59 Å². The Morgan fingerprint density at radius 1 is 1.10 bits per heavy atom. The molecule has 0 spiro atoms. The largest absolute Gasteiger partial charge is 0.485 e. The average Bonchev–Trinajstić information content (AvgIpc) is 3.35. The van der Waals surface area contributed by atoms with E-state index >= 15 is 0 Å². The Kier molecular flexibility index (Phi) is 5.11. The summed E-state index contributed by atoms with van der Waals surface area (Å²) >= 11 is 0. The summed E-state index contributed by atoms with van der Waals surface area (Å²) in [6.45, 7) is 1.94. The standard InChI is InChI=1S/C21H22N6O4/c28-20-6-5-19(27-14-22-13-23-27)24-26(20)11-15-7-9-25(10-8-15)21(29)18-12-30-16-3-1-2-4-17(16)31-18/h1-6,13-15,18H,7-12H2. The molecular formula is C21H22N6O4. The number of ether oxygens (including phenoxy) is 2. The predicted molar refractivity (Wildman–Crippen MR) is 109 cm³/mol. The van der Waals surface area contributed by atoms with Crippen LogP contribution in [0.5, 0.6) is 11.5 Å². The van der Waals surface area contributed by atoms with Crippen LogP contribution in [0.3, 0.4) is 0 Å². The topological polar surface area (TPSA) is 104 Å². The van der Waals surface area contributed by atoms with Crippen molar-refractivity contribution in [2.75, 3.05) is 19.7 Å². The van der Waals surface area contributed by atoms with Crippen molar-refractivity contribution >= 4 is 5.91 Å². The third-order valence-corrected chi connectivity index (χ3v) is 5.65. The maximum atomic E-state index is 12.9. The summed E-state index contributed by atoms with van der Waals surface area (Å²) in [5.41, 5.74) is -0.159. The number of aromatic nitrogens is 5. The number of carbonyl (C=O) groups is 1. The number of para-hydroxylation sites is 2. The fourth-order valence-electron chi connectivity index (χ4n) is 3.94. The fraction of sp³-hybridized carbons (Fsp3) is 0.381. The molecular weight excluding hydrogens is 400 g/mol. The SMILES string of the molecule is O=C(C1COc2ccccc2O1)N1CCC(Cn2nc(-n3cncn3)ccc2=O)CC1. The average molecular weight is 422 g/mol. The molecule has 1 unspecified atom stereocenters. The van der Waals surface area contributed by atoms with Crippen LogP contribution < -0.4 is 15.0 Å². The van der Waals surface area contributed by atoms with E-state index in [-0.39, 0.29) is 24.0 Å². The van der Waals surface area contributed by atoms with Crippen LogP contribution in [0.15, 0.2) is 53.8 Å². The summed E-state index contributed by atoms with van der Waals surface area (Å²) < 4.78 is 14.5. The highest BCUT2D eigenvalue weighted by atomic mass is 16.6. The summed E-state index contributed by atoms with van der Waals surface area (Å²) in [6.07, 6.45) is 3.91. The van der Waals surface area contributed by atoms with Crippen molar-refractivity contribution in [3.63, 3.8) is 0 Å². The van der Waals surface area contributed by atoms with Crippen LogP contribution in [0.2, 0.25) is 0 Å². The number of hydrogen-bond donors (Lipinski definition) is 0. The number of piperidine rings is 1. The van der Waals surface area contributed by atoms with Crippen molar-refractivity contribution < 1.29 is 14.3 Å². The van der Waals surface area contributed by atoms with E-state index in [0.29, 0.717) is 37.0 Å². The summed E-state index contributed by atoms with van der Waals surface area (Å²) in [6, 6.07) is 10.5. The minimum absolute atomic E-state index is 0.0589. The molecule has 2 aromatic heterocycles. The first kappa shape index (κ1) is 19.3. The van der Waals surface area contributed by atoms with E-state index in [1.807, 2.05) is 23.1 Å². The first-order valence-electron chi connectivity index (χ1n) is 10.3. The molecule has 4 heterocycles. The summed E-state index contributed by atoms with van der Waals surface area (Å²) in [4.78, 5) is 30.9. The van der Waals surface area contributed by atoms with Gasteiger partial charge in [-0.2, -0.15) is 5.10 Å². The Hall–Kier alpha value is -3.69. The summed E-state index contributed by atoms with van der Waals surface area (Å²) in [5, 5.41) is 8.46. The lowest BCUT2D eigenvalue weighted by molar-refractivity contribution is -0.142. The smallest absolute Gasteiger partial charge is 0.267 e. The molecule has 1 saturated heterocycles. The first-order valence-corrected chi connectivity index (χ1v) is 10.3. The fourth-order valence-corrected chi connectivity index (χ4v) is 3.94. The number of rotatable bonds is 4. The molecule has 1 aromatic carbocycles. The van der Waals surface area contributed by atoms with Crippen LogP contribution in [-0.2, 0) is 11.3 Å². The molecule has 0 N–H and O–H groups in total. The lowest BCUT2D eigenvalue weighted by atomic mass is 9.96. The van der Waals surface area contributed by atoms with Gasteiger partial charge >= 0.3 is 0 Å². The van der Waals surface area contributed by atoms with Gasteiger partial charge in [-0.3, -0.25) is 9.59 Å². The van der Waals surface area contributed by atoms with Gasteiger partial charge in [0, 0.05) is 25.7 Å². The van der Waals surface area contributed by atoms with E-state index in [1.165, 1.54) is 28.1 Å². The third kappa shape index (κ3) is 4.00. The van der Waals surface area contributed by atoms with E-state index in [4.69, 9.17) is 9.47 Å². The first-order chi connectivity index (χ1) is 15.2. The molecule has 2 aliphatic rings. The van der Waals surface area contributed by atoms with Gasteiger partial charge in [-0.1, -0.05) is 12.1 Å². The number of benzene rings is 1.